The topological polar surface area (TPSA) is 88.5 Å². The number of aromatic nitrogens is 2. The first kappa shape index (κ1) is 18.9. The van der Waals surface area contributed by atoms with Gasteiger partial charge in [0.05, 0.1) is 12.1 Å². The van der Waals surface area contributed by atoms with E-state index >= 15 is 0 Å². The van der Waals surface area contributed by atoms with E-state index < -0.39 is 6.04 Å². The quantitative estimate of drug-likeness (QED) is 0.885. The SMILES string of the molecule is Cc1noc(C(C)N2CCN(C(=O)[C@@H](N)C(C)C)CC2)n1.Cl. The molecule has 2 heterocycles. The van der Waals surface area contributed by atoms with E-state index in [1.807, 2.05) is 32.6 Å². The number of hydrogen-bond acceptors (Lipinski definition) is 6. The Morgan fingerprint density at radius 2 is 1.82 bits per heavy atom. The van der Waals surface area contributed by atoms with Crippen molar-refractivity contribution in [2.75, 3.05) is 26.2 Å². The molecular weight excluding hydrogens is 306 g/mol. The number of piperazine rings is 1. The number of rotatable bonds is 4. The van der Waals surface area contributed by atoms with Crippen LogP contribution in [0.4, 0.5) is 0 Å². The van der Waals surface area contributed by atoms with Gasteiger partial charge in [-0.3, -0.25) is 9.69 Å². The molecule has 22 heavy (non-hydrogen) atoms. The fourth-order valence-corrected chi connectivity index (χ4v) is 2.46. The van der Waals surface area contributed by atoms with Crippen molar-refractivity contribution in [1.29, 1.82) is 0 Å². The van der Waals surface area contributed by atoms with Gasteiger partial charge in [-0.05, 0) is 19.8 Å². The normalized spacial score (nSPS) is 18.9. The average Bonchev–Trinajstić information content (AvgIpc) is 2.91. The van der Waals surface area contributed by atoms with Gasteiger partial charge in [-0.1, -0.05) is 19.0 Å². The summed E-state index contributed by atoms with van der Waals surface area (Å²) in [5.41, 5.74) is 5.94. The van der Waals surface area contributed by atoms with Crippen LogP contribution in [0.1, 0.15) is 38.5 Å². The van der Waals surface area contributed by atoms with Crippen molar-refractivity contribution >= 4 is 18.3 Å². The maximum absolute atomic E-state index is 12.2. The number of hydrogen-bond donors (Lipinski definition) is 1. The Hall–Kier alpha value is -1.18. The molecule has 0 aliphatic carbocycles. The Kier molecular flexibility index (Phi) is 6.77. The maximum atomic E-state index is 12.2. The third-order valence-electron chi connectivity index (χ3n) is 4.08. The van der Waals surface area contributed by atoms with Crippen molar-refractivity contribution in [3.63, 3.8) is 0 Å². The van der Waals surface area contributed by atoms with E-state index in [1.54, 1.807) is 0 Å². The van der Waals surface area contributed by atoms with Crippen LogP contribution >= 0.6 is 12.4 Å². The van der Waals surface area contributed by atoms with E-state index in [-0.39, 0.29) is 30.3 Å². The molecular formula is C14H26ClN5O2. The molecule has 0 saturated carbocycles. The van der Waals surface area contributed by atoms with Crippen molar-refractivity contribution in [3.8, 4) is 0 Å². The van der Waals surface area contributed by atoms with Crippen molar-refractivity contribution in [3.05, 3.63) is 11.7 Å². The summed E-state index contributed by atoms with van der Waals surface area (Å²) in [6.07, 6.45) is 0. The zero-order valence-electron chi connectivity index (χ0n) is 13.7. The molecule has 126 valence electrons. The first-order valence-electron chi connectivity index (χ1n) is 7.48. The second-order valence-electron chi connectivity index (χ2n) is 5.99. The Bertz CT molecular complexity index is 485. The van der Waals surface area contributed by atoms with Gasteiger partial charge in [0.1, 0.15) is 0 Å². The van der Waals surface area contributed by atoms with E-state index in [9.17, 15) is 4.79 Å². The average molecular weight is 332 g/mol. The maximum Gasteiger partial charge on any atom is 0.243 e. The fraction of sp³-hybridized carbons (Fsp3) is 0.786. The number of carbonyl (C=O) groups excluding carboxylic acids is 1. The van der Waals surface area contributed by atoms with Gasteiger partial charge in [0.2, 0.25) is 11.8 Å². The molecule has 1 aromatic rings. The van der Waals surface area contributed by atoms with Crippen LogP contribution in [-0.4, -0.2) is 58.1 Å². The minimum atomic E-state index is -0.410. The molecule has 2 atom stereocenters. The summed E-state index contributed by atoms with van der Waals surface area (Å²) in [6.45, 7) is 10.8. The van der Waals surface area contributed by atoms with Gasteiger partial charge in [0, 0.05) is 26.2 Å². The van der Waals surface area contributed by atoms with Crippen LogP contribution < -0.4 is 5.73 Å². The van der Waals surface area contributed by atoms with Crippen LogP contribution in [0.3, 0.4) is 0 Å². The lowest BCUT2D eigenvalue weighted by atomic mass is 10.0. The molecule has 8 heteroatoms. The number of carbonyl (C=O) groups is 1. The first-order valence-corrected chi connectivity index (χ1v) is 7.48. The highest BCUT2D eigenvalue weighted by molar-refractivity contribution is 5.85. The fourth-order valence-electron chi connectivity index (χ4n) is 2.46. The highest BCUT2D eigenvalue weighted by atomic mass is 35.5. The van der Waals surface area contributed by atoms with Crippen LogP contribution in [0.2, 0.25) is 0 Å². The zero-order valence-corrected chi connectivity index (χ0v) is 14.5. The standard InChI is InChI=1S/C14H25N5O2.ClH/c1-9(2)12(15)14(20)19-7-5-18(6-8-19)10(3)13-16-11(4)17-21-13;/h9-10,12H,5-8,15H2,1-4H3;1H/t10?,12-;/m0./s1. The third-order valence-corrected chi connectivity index (χ3v) is 4.08. The van der Waals surface area contributed by atoms with Crippen LogP contribution in [0, 0.1) is 12.8 Å². The van der Waals surface area contributed by atoms with E-state index in [1.165, 1.54) is 0 Å². The van der Waals surface area contributed by atoms with Gasteiger partial charge in [-0.2, -0.15) is 4.98 Å². The molecule has 1 aliphatic rings. The Morgan fingerprint density at radius 3 is 2.27 bits per heavy atom. The lowest BCUT2D eigenvalue weighted by molar-refractivity contribution is -0.135. The molecule has 1 fully saturated rings. The number of nitrogens with zero attached hydrogens (tertiary/aromatic N) is 4. The molecule has 7 nitrogen and oxygen atoms in total. The van der Waals surface area contributed by atoms with Gasteiger partial charge in [0.25, 0.3) is 0 Å². The smallest absolute Gasteiger partial charge is 0.243 e. The second kappa shape index (κ2) is 7.89. The molecule has 0 radical (unpaired) electrons. The Morgan fingerprint density at radius 1 is 1.23 bits per heavy atom. The van der Waals surface area contributed by atoms with Gasteiger partial charge in [-0.15, -0.1) is 12.4 Å². The van der Waals surface area contributed by atoms with Crippen LogP contribution in [0.15, 0.2) is 4.52 Å². The predicted octanol–water partition coefficient (Wildman–Crippen LogP) is 0.988. The molecule has 1 amide bonds. The van der Waals surface area contributed by atoms with Gasteiger partial charge in [0.15, 0.2) is 5.82 Å². The zero-order chi connectivity index (χ0) is 15.6. The molecule has 0 aromatic carbocycles. The van der Waals surface area contributed by atoms with Gasteiger partial charge >= 0.3 is 0 Å². The van der Waals surface area contributed by atoms with Crippen LogP contribution in [0.25, 0.3) is 0 Å². The molecule has 2 N–H and O–H groups in total. The molecule has 1 unspecified atom stereocenters. The minimum absolute atomic E-state index is 0. The number of halogens is 1. The summed E-state index contributed by atoms with van der Waals surface area (Å²) >= 11 is 0. The summed E-state index contributed by atoms with van der Waals surface area (Å²) in [4.78, 5) is 20.6. The van der Waals surface area contributed by atoms with E-state index in [0.717, 1.165) is 13.1 Å². The highest BCUT2D eigenvalue weighted by Gasteiger charge is 2.30. The monoisotopic (exact) mass is 331 g/mol. The van der Waals surface area contributed by atoms with E-state index in [4.69, 9.17) is 10.3 Å². The summed E-state index contributed by atoms with van der Waals surface area (Å²) < 4.78 is 5.22. The molecule has 1 saturated heterocycles. The van der Waals surface area contributed by atoms with Crippen molar-refractivity contribution in [2.24, 2.45) is 11.7 Å². The first-order chi connectivity index (χ1) is 9.90. The van der Waals surface area contributed by atoms with Crippen molar-refractivity contribution < 1.29 is 9.32 Å². The summed E-state index contributed by atoms with van der Waals surface area (Å²) in [5.74, 6) is 1.49. The summed E-state index contributed by atoms with van der Waals surface area (Å²) in [5, 5.41) is 3.82. The summed E-state index contributed by atoms with van der Waals surface area (Å²) in [7, 11) is 0. The molecule has 1 aromatic heterocycles. The summed E-state index contributed by atoms with van der Waals surface area (Å²) in [6, 6.07) is -0.338. The van der Waals surface area contributed by atoms with Crippen molar-refractivity contribution in [1.82, 2.24) is 19.9 Å². The molecule has 1 aliphatic heterocycles. The van der Waals surface area contributed by atoms with Crippen molar-refractivity contribution in [2.45, 2.75) is 39.8 Å². The van der Waals surface area contributed by atoms with E-state index in [2.05, 4.69) is 15.0 Å². The van der Waals surface area contributed by atoms with E-state index in [0.29, 0.717) is 24.8 Å². The number of aryl methyl sites for hydroxylation is 1. The molecule has 0 spiro atoms. The number of nitrogens with two attached hydrogens (primary N) is 1. The molecule has 2 rings (SSSR count). The van der Waals surface area contributed by atoms with Crippen LogP contribution in [-0.2, 0) is 4.79 Å². The highest BCUT2D eigenvalue weighted by Crippen LogP contribution is 2.20. The predicted molar refractivity (Wildman–Crippen MR) is 85.7 cm³/mol. The lowest BCUT2D eigenvalue weighted by Crippen LogP contribution is -2.54. The lowest BCUT2D eigenvalue weighted by Gasteiger charge is -2.38. The van der Waals surface area contributed by atoms with Crippen LogP contribution in [0.5, 0.6) is 0 Å². The van der Waals surface area contributed by atoms with Gasteiger partial charge < -0.3 is 15.2 Å². The third kappa shape index (κ3) is 4.18. The van der Waals surface area contributed by atoms with Gasteiger partial charge in [-0.25, -0.2) is 0 Å². The second-order valence-corrected chi connectivity index (χ2v) is 5.99. The Labute approximate surface area is 137 Å². The number of amides is 1. The molecule has 0 bridgehead atoms. The minimum Gasteiger partial charge on any atom is -0.339 e. The largest absolute Gasteiger partial charge is 0.339 e. The Balaban J connectivity index is 0.00000242.